The Morgan fingerprint density at radius 3 is 2.79 bits per heavy atom. The Morgan fingerprint density at radius 1 is 1.37 bits per heavy atom. The molecule has 4 nitrogen and oxygen atoms in total. The molecule has 0 unspecified atom stereocenters. The third kappa shape index (κ3) is 3.58. The van der Waals surface area contributed by atoms with Gasteiger partial charge in [-0.25, -0.2) is 0 Å². The van der Waals surface area contributed by atoms with Gasteiger partial charge in [0, 0.05) is 24.7 Å². The van der Waals surface area contributed by atoms with E-state index in [1.807, 2.05) is 31.2 Å². The van der Waals surface area contributed by atoms with Gasteiger partial charge in [-0.15, -0.1) is 0 Å². The molecule has 1 saturated heterocycles. The van der Waals surface area contributed by atoms with Crippen LogP contribution in [0.25, 0.3) is 6.08 Å². The molecule has 1 fully saturated rings. The van der Waals surface area contributed by atoms with E-state index in [0.717, 1.165) is 16.9 Å². The molecule has 1 amide bonds. The van der Waals surface area contributed by atoms with E-state index in [4.69, 9.17) is 9.47 Å². The van der Waals surface area contributed by atoms with Crippen LogP contribution in [0.1, 0.15) is 11.1 Å². The summed E-state index contributed by atoms with van der Waals surface area (Å²) in [6, 6.07) is 5.90. The van der Waals surface area contributed by atoms with Gasteiger partial charge in [-0.05, 0) is 25.1 Å². The first-order valence-corrected chi connectivity index (χ1v) is 6.40. The van der Waals surface area contributed by atoms with Crippen LogP contribution in [0.4, 0.5) is 0 Å². The summed E-state index contributed by atoms with van der Waals surface area (Å²) < 4.78 is 10.5. The fourth-order valence-electron chi connectivity index (χ4n) is 2.03. The molecule has 1 aliphatic heterocycles. The number of rotatable bonds is 3. The normalized spacial score (nSPS) is 15.8. The number of carbonyl (C=O) groups is 1. The average Bonchev–Trinajstić information content (AvgIpc) is 2.46. The van der Waals surface area contributed by atoms with E-state index in [1.165, 1.54) is 0 Å². The highest BCUT2D eigenvalue weighted by atomic mass is 16.5. The monoisotopic (exact) mass is 261 g/mol. The minimum atomic E-state index is 0.0202. The van der Waals surface area contributed by atoms with Gasteiger partial charge in [0.25, 0.3) is 0 Å². The number of amides is 1. The molecule has 0 aliphatic carbocycles. The SMILES string of the molecule is COc1ccc(C)cc1C=CC(=O)N1CCOCC1. The molecule has 4 heteroatoms. The highest BCUT2D eigenvalue weighted by molar-refractivity contribution is 5.92. The molecule has 2 rings (SSSR count). The van der Waals surface area contributed by atoms with E-state index in [2.05, 4.69) is 0 Å². The lowest BCUT2D eigenvalue weighted by atomic mass is 10.1. The summed E-state index contributed by atoms with van der Waals surface area (Å²) in [6.07, 6.45) is 3.41. The molecule has 1 aromatic carbocycles. The molecule has 0 aromatic heterocycles. The lowest BCUT2D eigenvalue weighted by Crippen LogP contribution is -2.39. The Hall–Kier alpha value is -1.81. The Bertz CT molecular complexity index is 476. The van der Waals surface area contributed by atoms with Gasteiger partial charge in [-0.2, -0.15) is 0 Å². The summed E-state index contributed by atoms with van der Waals surface area (Å²) in [5.41, 5.74) is 2.06. The fourth-order valence-corrected chi connectivity index (χ4v) is 2.03. The second kappa shape index (κ2) is 6.38. The number of morpholine rings is 1. The van der Waals surface area contributed by atoms with Crippen LogP contribution >= 0.6 is 0 Å². The van der Waals surface area contributed by atoms with Crippen LogP contribution in [-0.2, 0) is 9.53 Å². The maximum atomic E-state index is 12.0. The van der Waals surface area contributed by atoms with E-state index in [-0.39, 0.29) is 5.91 Å². The summed E-state index contributed by atoms with van der Waals surface area (Å²) in [5.74, 6) is 0.795. The Labute approximate surface area is 113 Å². The lowest BCUT2D eigenvalue weighted by molar-refractivity contribution is -0.129. The highest BCUT2D eigenvalue weighted by Crippen LogP contribution is 2.21. The van der Waals surface area contributed by atoms with Crippen molar-refractivity contribution < 1.29 is 14.3 Å². The van der Waals surface area contributed by atoms with E-state index in [0.29, 0.717) is 26.3 Å². The second-order valence-corrected chi connectivity index (χ2v) is 4.52. The van der Waals surface area contributed by atoms with Crippen LogP contribution in [0.2, 0.25) is 0 Å². The quantitative estimate of drug-likeness (QED) is 0.780. The predicted octanol–water partition coefficient (Wildman–Crippen LogP) is 1.88. The summed E-state index contributed by atoms with van der Waals surface area (Å²) in [4.78, 5) is 13.8. The summed E-state index contributed by atoms with van der Waals surface area (Å²) in [6.45, 7) is 4.57. The van der Waals surface area contributed by atoms with Gasteiger partial charge in [-0.1, -0.05) is 11.6 Å². The number of benzene rings is 1. The van der Waals surface area contributed by atoms with E-state index in [1.54, 1.807) is 18.1 Å². The van der Waals surface area contributed by atoms with Gasteiger partial charge >= 0.3 is 0 Å². The zero-order valence-electron chi connectivity index (χ0n) is 11.4. The number of hydrogen-bond acceptors (Lipinski definition) is 3. The van der Waals surface area contributed by atoms with Crippen molar-refractivity contribution in [3.63, 3.8) is 0 Å². The predicted molar refractivity (Wildman–Crippen MR) is 74.2 cm³/mol. The molecule has 0 N–H and O–H groups in total. The van der Waals surface area contributed by atoms with Crippen molar-refractivity contribution in [2.24, 2.45) is 0 Å². The molecule has 1 aliphatic rings. The van der Waals surface area contributed by atoms with Crippen molar-refractivity contribution in [3.8, 4) is 5.75 Å². The average molecular weight is 261 g/mol. The van der Waals surface area contributed by atoms with Gasteiger partial charge in [-0.3, -0.25) is 4.79 Å². The number of ether oxygens (including phenoxy) is 2. The molecule has 0 spiro atoms. The summed E-state index contributed by atoms with van der Waals surface area (Å²) >= 11 is 0. The third-order valence-corrected chi connectivity index (χ3v) is 3.11. The third-order valence-electron chi connectivity index (χ3n) is 3.11. The number of hydrogen-bond donors (Lipinski definition) is 0. The van der Waals surface area contributed by atoms with Crippen LogP contribution in [0, 0.1) is 6.92 Å². The zero-order valence-corrected chi connectivity index (χ0v) is 11.4. The summed E-state index contributed by atoms with van der Waals surface area (Å²) in [7, 11) is 1.63. The fraction of sp³-hybridized carbons (Fsp3) is 0.400. The Kier molecular flexibility index (Phi) is 4.58. The number of methoxy groups -OCH3 is 1. The first-order valence-electron chi connectivity index (χ1n) is 6.40. The molecular weight excluding hydrogens is 242 g/mol. The zero-order chi connectivity index (χ0) is 13.7. The topological polar surface area (TPSA) is 38.8 Å². The van der Waals surface area contributed by atoms with E-state index >= 15 is 0 Å². The first-order chi connectivity index (χ1) is 9.20. The number of aryl methyl sites for hydroxylation is 1. The van der Waals surface area contributed by atoms with E-state index < -0.39 is 0 Å². The minimum Gasteiger partial charge on any atom is -0.496 e. The molecule has 1 heterocycles. The van der Waals surface area contributed by atoms with Crippen molar-refractivity contribution in [2.75, 3.05) is 33.4 Å². The van der Waals surface area contributed by atoms with Crippen molar-refractivity contribution in [2.45, 2.75) is 6.92 Å². The van der Waals surface area contributed by atoms with Crippen molar-refractivity contribution in [1.82, 2.24) is 4.90 Å². The van der Waals surface area contributed by atoms with Crippen molar-refractivity contribution in [1.29, 1.82) is 0 Å². The molecule has 102 valence electrons. The molecule has 0 atom stereocenters. The van der Waals surface area contributed by atoms with Crippen LogP contribution < -0.4 is 4.74 Å². The first kappa shape index (κ1) is 13.6. The molecule has 1 aromatic rings. The van der Waals surface area contributed by atoms with Crippen molar-refractivity contribution in [3.05, 3.63) is 35.4 Å². The van der Waals surface area contributed by atoms with Crippen molar-refractivity contribution >= 4 is 12.0 Å². The van der Waals surface area contributed by atoms with Gasteiger partial charge in [0.2, 0.25) is 5.91 Å². The maximum Gasteiger partial charge on any atom is 0.246 e. The Morgan fingerprint density at radius 2 is 2.11 bits per heavy atom. The van der Waals surface area contributed by atoms with Crippen LogP contribution in [0.5, 0.6) is 5.75 Å². The molecule has 0 bridgehead atoms. The highest BCUT2D eigenvalue weighted by Gasteiger charge is 2.14. The van der Waals surface area contributed by atoms with Crippen LogP contribution in [0.15, 0.2) is 24.3 Å². The van der Waals surface area contributed by atoms with E-state index in [9.17, 15) is 4.79 Å². The lowest BCUT2D eigenvalue weighted by Gasteiger charge is -2.25. The standard InChI is InChI=1S/C15H19NO3/c1-12-3-5-14(18-2)13(11-12)4-6-15(17)16-7-9-19-10-8-16/h3-6,11H,7-10H2,1-2H3. The van der Waals surface area contributed by atoms with Crippen LogP contribution in [-0.4, -0.2) is 44.2 Å². The second-order valence-electron chi connectivity index (χ2n) is 4.52. The number of carbonyl (C=O) groups excluding carboxylic acids is 1. The Balaban J connectivity index is 2.08. The molecule has 0 radical (unpaired) electrons. The summed E-state index contributed by atoms with van der Waals surface area (Å²) in [5, 5.41) is 0. The van der Waals surface area contributed by atoms with Gasteiger partial charge < -0.3 is 14.4 Å². The number of nitrogens with zero attached hydrogens (tertiary/aromatic N) is 1. The maximum absolute atomic E-state index is 12.0. The van der Waals surface area contributed by atoms with Gasteiger partial charge in [0.05, 0.1) is 20.3 Å². The molecule has 19 heavy (non-hydrogen) atoms. The molecule has 0 saturated carbocycles. The largest absolute Gasteiger partial charge is 0.496 e. The molecular formula is C15H19NO3. The smallest absolute Gasteiger partial charge is 0.246 e. The van der Waals surface area contributed by atoms with Gasteiger partial charge in [0.1, 0.15) is 5.75 Å². The van der Waals surface area contributed by atoms with Crippen LogP contribution in [0.3, 0.4) is 0 Å². The van der Waals surface area contributed by atoms with Gasteiger partial charge in [0.15, 0.2) is 0 Å². The minimum absolute atomic E-state index is 0.0202.